The van der Waals surface area contributed by atoms with Gasteiger partial charge in [0.2, 0.25) is 5.89 Å². The van der Waals surface area contributed by atoms with Crippen molar-refractivity contribution in [2.24, 2.45) is 5.73 Å². The standard InChI is InChI=1S/C18H24N4O2/c1-2-6-15(19)17-20-16(13-24-17)18(23)22-11-9-21(10-12-22)14-7-4-3-5-8-14/h3-5,7-8,13,15H,2,6,9-12,19H2,1H3. The zero-order valence-electron chi connectivity index (χ0n) is 14.0. The van der Waals surface area contributed by atoms with Crippen LogP contribution in [0.2, 0.25) is 0 Å². The fourth-order valence-electron chi connectivity index (χ4n) is 2.96. The summed E-state index contributed by atoms with van der Waals surface area (Å²) in [5.41, 5.74) is 7.54. The van der Waals surface area contributed by atoms with Crippen molar-refractivity contribution in [2.45, 2.75) is 25.8 Å². The van der Waals surface area contributed by atoms with Gasteiger partial charge in [0.25, 0.3) is 5.91 Å². The number of rotatable bonds is 5. The van der Waals surface area contributed by atoms with E-state index < -0.39 is 0 Å². The van der Waals surface area contributed by atoms with Gasteiger partial charge in [-0.25, -0.2) is 4.98 Å². The van der Waals surface area contributed by atoms with E-state index in [0.717, 1.165) is 25.9 Å². The van der Waals surface area contributed by atoms with Crippen molar-refractivity contribution in [1.29, 1.82) is 0 Å². The number of nitrogens with zero attached hydrogens (tertiary/aromatic N) is 3. The minimum atomic E-state index is -0.244. The first-order chi connectivity index (χ1) is 11.7. The predicted octanol–water partition coefficient (Wildman–Crippen LogP) is 2.44. The number of aromatic nitrogens is 1. The molecule has 0 saturated carbocycles. The number of oxazole rings is 1. The zero-order valence-corrected chi connectivity index (χ0v) is 14.0. The van der Waals surface area contributed by atoms with Crippen LogP contribution in [0.4, 0.5) is 5.69 Å². The summed E-state index contributed by atoms with van der Waals surface area (Å²) >= 11 is 0. The highest BCUT2D eigenvalue weighted by Crippen LogP contribution is 2.18. The number of hydrogen-bond acceptors (Lipinski definition) is 5. The maximum absolute atomic E-state index is 12.6. The van der Waals surface area contributed by atoms with Crippen molar-refractivity contribution >= 4 is 11.6 Å². The lowest BCUT2D eigenvalue weighted by atomic mass is 10.2. The average molecular weight is 328 g/mol. The minimum absolute atomic E-state index is 0.0820. The molecule has 0 radical (unpaired) electrons. The molecule has 1 unspecified atom stereocenters. The number of piperazine rings is 1. The number of benzene rings is 1. The van der Waals surface area contributed by atoms with Gasteiger partial charge in [-0.15, -0.1) is 0 Å². The molecule has 0 aliphatic carbocycles. The van der Waals surface area contributed by atoms with Gasteiger partial charge < -0.3 is 20.0 Å². The second-order valence-corrected chi connectivity index (χ2v) is 6.08. The van der Waals surface area contributed by atoms with Gasteiger partial charge in [0.05, 0.1) is 6.04 Å². The molecule has 6 heteroatoms. The first-order valence-corrected chi connectivity index (χ1v) is 8.49. The van der Waals surface area contributed by atoms with Crippen LogP contribution in [0.25, 0.3) is 0 Å². The number of nitrogens with two attached hydrogens (primary N) is 1. The van der Waals surface area contributed by atoms with E-state index in [2.05, 4.69) is 28.9 Å². The third kappa shape index (κ3) is 3.59. The highest BCUT2D eigenvalue weighted by Gasteiger charge is 2.25. The molecule has 128 valence electrons. The zero-order chi connectivity index (χ0) is 16.9. The van der Waals surface area contributed by atoms with Crippen LogP contribution in [0.15, 0.2) is 41.0 Å². The third-order valence-electron chi connectivity index (χ3n) is 4.35. The molecular formula is C18H24N4O2. The van der Waals surface area contributed by atoms with Gasteiger partial charge in [-0.2, -0.15) is 0 Å². The van der Waals surface area contributed by atoms with E-state index in [1.165, 1.54) is 12.0 Å². The molecule has 1 atom stereocenters. The molecule has 2 heterocycles. The summed E-state index contributed by atoms with van der Waals surface area (Å²) in [4.78, 5) is 21.0. The lowest BCUT2D eigenvalue weighted by Crippen LogP contribution is -2.48. The molecule has 1 aromatic heterocycles. The topological polar surface area (TPSA) is 75.6 Å². The van der Waals surface area contributed by atoms with E-state index >= 15 is 0 Å². The van der Waals surface area contributed by atoms with Crippen LogP contribution in [-0.2, 0) is 0 Å². The van der Waals surface area contributed by atoms with E-state index in [4.69, 9.17) is 10.2 Å². The van der Waals surface area contributed by atoms with Gasteiger partial charge >= 0.3 is 0 Å². The van der Waals surface area contributed by atoms with Crippen LogP contribution in [0.3, 0.4) is 0 Å². The molecule has 1 aliphatic heterocycles. The summed E-state index contributed by atoms with van der Waals surface area (Å²) in [7, 11) is 0. The van der Waals surface area contributed by atoms with Gasteiger partial charge in [0.1, 0.15) is 6.26 Å². The Balaban J connectivity index is 1.59. The number of anilines is 1. The Kier molecular flexibility index (Phi) is 5.15. The Morgan fingerprint density at radius 1 is 1.25 bits per heavy atom. The molecule has 0 bridgehead atoms. The molecule has 2 N–H and O–H groups in total. The monoisotopic (exact) mass is 328 g/mol. The lowest BCUT2D eigenvalue weighted by molar-refractivity contribution is 0.0741. The molecule has 1 saturated heterocycles. The Morgan fingerprint density at radius 2 is 1.96 bits per heavy atom. The number of carbonyl (C=O) groups excluding carboxylic acids is 1. The van der Waals surface area contributed by atoms with Crippen molar-refractivity contribution in [3.8, 4) is 0 Å². The Morgan fingerprint density at radius 3 is 2.62 bits per heavy atom. The minimum Gasteiger partial charge on any atom is -0.446 e. The van der Waals surface area contributed by atoms with Crippen molar-refractivity contribution < 1.29 is 9.21 Å². The summed E-state index contributed by atoms with van der Waals surface area (Å²) in [6.07, 6.45) is 3.18. The molecule has 2 aromatic rings. The number of hydrogen-bond donors (Lipinski definition) is 1. The van der Waals surface area contributed by atoms with Crippen molar-refractivity contribution in [3.63, 3.8) is 0 Å². The van der Waals surface area contributed by atoms with Crippen LogP contribution in [0.1, 0.15) is 42.2 Å². The van der Waals surface area contributed by atoms with E-state index in [9.17, 15) is 4.79 Å². The van der Waals surface area contributed by atoms with Gasteiger partial charge in [-0.05, 0) is 18.6 Å². The summed E-state index contributed by atoms with van der Waals surface area (Å²) < 4.78 is 5.39. The Bertz CT molecular complexity index is 663. The lowest BCUT2D eigenvalue weighted by Gasteiger charge is -2.35. The van der Waals surface area contributed by atoms with E-state index in [0.29, 0.717) is 24.7 Å². The highest BCUT2D eigenvalue weighted by atomic mass is 16.3. The normalized spacial score (nSPS) is 16.2. The summed E-state index contributed by atoms with van der Waals surface area (Å²) in [6, 6.07) is 10.0. The predicted molar refractivity (Wildman–Crippen MR) is 92.9 cm³/mol. The molecule has 0 spiro atoms. The molecule has 1 amide bonds. The van der Waals surface area contributed by atoms with E-state index in [1.54, 1.807) is 0 Å². The average Bonchev–Trinajstić information content (AvgIpc) is 3.12. The first kappa shape index (κ1) is 16.5. The number of carbonyl (C=O) groups is 1. The maximum atomic E-state index is 12.6. The van der Waals surface area contributed by atoms with Crippen LogP contribution in [0.5, 0.6) is 0 Å². The first-order valence-electron chi connectivity index (χ1n) is 8.49. The summed E-state index contributed by atoms with van der Waals surface area (Å²) in [6.45, 7) is 5.04. The molecule has 1 aromatic carbocycles. The highest BCUT2D eigenvalue weighted by molar-refractivity contribution is 5.92. The molecule has 3 rings (SSSR count). The largest absolute Gasteiger partial charge is 0.446 e. The smallest absolute Gasteiger partial charge is 0.275 e. The SMILES string of the molecule is CCCC(N)c1nc(C(=O)N2CCN(c3ccccc3)CC2)co1. The Labute approximate surface area is 142 Å². The number of amides is 1. The third-order valence-corrected chi connectivity index (χ3v) is 4.35. The number of para-hydroxylation sites is 1. The van der Waals surface area contributed by atoms with Crippen LogP contribution >= 0.6 is 0 Å². The molecule has 1 aliphatic rings. The second kappa shape index (κ2) is 7.49. The van der Waals surface area contributed by atoms with Gasteiger partial charge in [-0.3, -0.25) is 4.79 Å². The van der Waals surface area contributed by atoms with E-state index in [-0.39, 0.29) is 11.9 Å². The van der Waals surface area contributed by atoms with Gasteiger partial charge in [0, 0.05) is 31.9 Å². The van der Waals surface area contributed by atoms with Gasteiger partial charge in [-0.1, -0.05) is 31.5 Å². The maximum Gasteiger partial charge on any atom is 0.275 e. The molecular weight excluding hydrogens is 304 g/mol. The van der Waals surface area contributed by atoms with Crippen LogP contribution in [0, 0.1) is 0 Å². The Hall–Kier alpha value is -2.34. The van der Waals surface area contributed by atoms with Crippen molar-refractivity contribution in [1.82, 2.24) is 9.88 Å². The van der Waals surface area contributed by atoms with E-state index in [1.807, 2.05) is 23.1 Å². The molecule has 6 nitrogen and oxygen atoms in total. The van der Waals surface area contributed by atoms with Crippen molar-refractivity contribution in [2.75, 3.05) is 31.1 Å². The van der Waals surface area contributed by atoms with Crippen LogP contribution in [-0.4, -0.2) is 42.0 Å². The quantitative estimate of drug-likeness (QED) is 0.912. The summed E-state index contributed by atoms with van der Waals surface area (Å²) in [5, 5.41) is 0. The fourth-order valence-corrected chi connectivity index (χ4v) is 2.96. The molecule has 24 heavy (non-hydrogen) atoms. The summed E-state index contributed by atoms with van der Waals surface area (Å²) in [5.74, 6) is 0.365. The van der Waals surface area contributed by atoms with Crippen molar-refractivity contribution in [3.05, 3.63) is 48.2 Å². The van der Waals surface area contributed by atoms with Crippen LogP contribution < -0.4 is 10.6 Å². The second-order valence-electron chi connectivity index (χ2n) is 6.08. The fraction of sp³-hybridized carbons (Fsp3) is 0.444. The molecule has 1 fully saturated rings. The van der Waals surface area contributed by atoms with Gasteiger partial charge in [0.15, 0.2) is 5.69 Å².